The molecule has 2 nitrogen and oxygen atoms in total. The minimum absolute atomic E-state index is 1.02. The number of benzene rings is 2. The van der Waals surface area contributed by atoms with E-state index in [1.165, 1.54) is 5.56 Å². The van der Waals surface area contributed by atoms with Gasteiger partial charge in [0.2, 0.25) is 0 Å². The standard InChI is InChI=1S/C18H20N2/c1-14-5-12-18(20(3)4)16(13-14)9-6-15-7-10-17(19-2)11-8-15/h5,7-8,10-13,19H,1-4H3. The van der Waals surface area contributed by atoms with Crippen molar-refractivity contribution in [3.8, 4) is 11.8 Å². The summed E-state index contributed by atoms with van der Waals surface area (Å²) >= 11 is 0. The van der Waals surface area contributed by atoms with Crippen LogP contribution in [0.1, 0.15) is 16.7 Å². The SMILES string of the molecule is CNc1ccc(C#Cc2cc(C)ccc2N(C)C)cc1. The number of hydrogen-bond acceptors (Lipinski definition) is 2. The highest BCUT2D eigenvalue weighted by Gasteiger charge is 2.01. The van der Waals surface area contributed by atoms with Crippen LogP contribution in [0.3, 0.4) is 0 Å². The molecule has 2 rings (SSSR count). The Morgan fingerprint density at radius 1 is 0.950 bits per heavy atom. The molecular formula is C18H20N2. The van der Waals surface area contributed by atoms with E-state index in [0.29, 0.717) is 0 Å². The van der Waals surface area contributed by atoms with Crippen molar-refractivity contribution < 1.29 is 0 Å². The Kier molecular flexibility index (Phi) is 4.32. The summed E-state index contributed by atoms with van der Waals surface area (Å²) in [5, 5.41) is 3.10. The van der Waals surface area contributed by atoms with Gasteiger partial charge in [0.05, 0.1) is 5.69 Å². The fourth-order valence-electron chi connectivity index (χ4n) is 2.00. The molecule has 0 aromatic heterocycles. The van der Waals surface area contributed by atoms with Gasteiger partial charge in [0, 0.05) is 38.0 Å². The first-order valence-electron chi connectivity index (χ1n) is 6.68. The predicted molar refractivity (Wildman–Crippen MR) is 87.5 cm³/mol. The highest BCUT2D eigenvalue weighted by molar-refractivity contribution is 5.62. The smallest absolute Gasteiger partial charge is 0.0520 e. The van der Waals surface area contributed by atoms with E-state index in [1.54, 1.807) is 0 Å². The normalized spacial score (nSPS) is 9.60. The zero-order valence-corrected chi connectivity index (χ0v) is 12.5. The second kappa shape index (κ2) is 6.16. The Labute approximate surface area is 121 Å². The van der Waals surface area contributed by atoms with Crippen molar-refractivity contribution in [2.24, 2.45) is 0 Å². The number of anilines is 2. The van der Waals surface area contributed by atoms with Crippen LogP contribution in [-0.4, -0.2) is 21.1 Å². The first kappa shape index (κ1) is 14.0. The zero-order valence-electron chi connectivity index (χ0n) is 12.5. The molecule has 2 heteroatoms. The maximum atomic E-state index is 3.28. The number of rotatable bonds is 2. The first-order chi connectivity index (χ1) is 9.60. The Hall–Kier alpha value is -2.40. The van der Waals surface area contributed by atoms with E-state index in [-0.39, 0.29) is 0 Å². The third-order valence-corrected chi connectivity index (χ3v) is 3.15. The molecule has 0 spiro atoms. The molecule has 0 saturated heterocycles. The third-order valence-electron chi connectivity index (χ3n) is 3.15. The average Bonchev–Trinajstić information content (AvgIpc) is 2.45. The molecular weight excluding hydrogens is 244 g/mol. The van der Waals surface area contributed by atoms with Crippen LogP contribution < -0.4 is 10.2 Å². The quantitative estimate of drug-likeness (QED) is 0.835. The van der Waals surface area contributed by atoms with E-state index in [2.05, 4.69) is 47.2 Å². The largest absolute Gasteiger partial charge is 0.388 e. The van der Waals surface area contributed by atoms with Gasteiger partial charge in [-0.2, -0.15) is 0 Å². The van der Waals surface area contributed by atoms with Crippen LogP contribution in [0.15, 0.2) is 42.5 Å². The van der Waals surface area contributed by atoms with Crippen LogP contribution in [0.25, 0.3) is 0 Å². The highest BCUT2D eigenvalue weighted by Crippen LogP contribution is 2.19. The molecule has 0 amide bonds. The van der Waals surface area contributed by atoms with Crippen molar-refractivity contribution in [2.45, 2.75) is 6.92 Å². The van der Waals surface area contributed by atoms with E-state index in [4.69, 9.17) is 0 Å². The molecule has 0 fully saturated rings. The zero-order chi connectivity index (χ0) is 14.5. The van der Waals surface area contributed by atoms with Crippen molar-refractivity contribution in [3.63, 3.8) is 0 Å². The summed E-state index contributed by atoms with van der Waals surface area (Å²) in [6.07, 6.45) is 0. The second-order valence-electron chi connectivity index (χ2n) is 4.99. The lowest BCUT2D eigenvalue weighted by molar-refractivity contribution is 1.12. The summed E-state index contributed by atoms with van der Waals surface area (Å²) in [6, 6.07) is 14.5. The van der Waals surface area contributed by atoms with E-state index >= 15 is 0 Å². The van der Waals surface area contributed by atoms with Crippen molar-refractivity contribution in [2.75, 3.05) is 31.4 Å². The number of aryl methyl sites for hydroxylation is 1. The van der Waals surface area contributed by atoms with Gasteiger partial charge in [-0.1, -0.05) is 17.9 Å². The van der Waals surface area contributed by atoms with Crippen LogP contribution in [0, 0.1) is 18.8 Å². The molecule has 20 heavy (non-hydrogen) atoms. The molecule has 0 unspecified atom stereocenters. The molecule has 0 aliphatic heterocycles. The predicted octanol–water partition coefficient (Wildman–Crippen LogP) is 3.50. The fraction of sp³-hybridized carbons (Fsp3) is 0.222. The molecule has 0 atom stereocenters. The molecule has 2 aromatic carbocycles. The van der Waals surface area contributed by atoms with Crippen molar-refractivity contribution in [1.29, 1.82) is 0 Å². The second-order valence-corrected chi connectivity index (χ2v) is 4.99. The molecule has 102 valence electrons. The van der Waals surface area contributed by atoms with Crippen LogP contribution in [0.5, 0.6) is 0 Å². The van der Waals surface area contributed by atoms with Crippen molar-refractivity contribution in [1.82, 2.24) is 0 Å². The Morgan fingerprint density at radius 2 is 1.65 bits per heavy atom. The van der Waals surface area contributed by atoms with Crippen LogP contribution in [0.4, 0.5) is 11.4 Å². The third kappa shape index (κ3) is 3.33. The summed E-state index contributed by atoms with van der Waals surface area (Å²) in [7, 11) is 5.99. The summed E-state index contributed by atoms with van der Waals surface area (Å²) in [5.74, 6) is 6.51. The molecule has 0 aliphatic rings. The maximum absolute atomic E-state index is 3.28. The molecule has 0 radical (unpaired) electrons. The summed E-state index contributed by atoms with van der Waals surface area (Å²) < 4.78 is 0. The van der Waals surface area contributed by atoms with E-state index in [0.717, 1.165) is 22.5 Å². The Bertz CT molecular complexity index is 643. The monoisotopic (exact) mass is 264 g/mol. The van der Waals surface area contributed by atoms with Crippen molar-refractivity contribution in [3.05, 3.63) is 59.2 Å². The molecule has 1 N–H and O–H groups in total. The van der Waals surface area contributed by atoms with Crippen molar-refractivity contribution >= 4 is 11.4 Å². The van der Waals surface area contributed by atoms with Crippen LogP contribution >= 0.6 is 0 Å². The van der Waals surface area contributed by atoms with Gasteiger partial charge in [0.1, 0.15) is 0 Å². The number of nitrogens with one attached hydrogen (secondary N) is 1. The fourth-order valence-corrected chi connectivity index (χ4v) is 2.00. The van der Waals surface area contributed by atoms with Gasteiger partial charge in [0.25, 0.3) is 0 Å². The summed E-state index contributed by atoms with van der Waals surface area (Å²) in [6.45, 7) is 2.09. The van der Waals surface area contributed by atoms with Gasteiger partial charge in [-0.15, -0.1) is 0 Å². The van der Waals surface area contributed by atoms with E-state index < -0.39 is 0 Å². The molecule has 0 heterocycles. The minimum Gasteiger partial charge on any atom is -0.388 e. The van der Waals surface area contributed by atoms with Crippen LogP contribution in [0.2, 0.25) is 0 Å². The van der Waals surface area contributed by atoms with Gasteiger partial charge < -0.3 is 10.2 Å². The van der Waals surface area contributed by atoms with Crippen LogP contribution in [-0.2, 0) is 0 Å². The van der Waals surface area contributed by atoms with E-state index in [9.17, 15) is 0 Å². The first-order valence-corrected chi connectivity index (χ1v) is 6.68. The molecule has 0 saturated carbocycles. The van der Waals surface area contributed by atoms with Gasteiger partial charge in [-0.3, -0.25) is 0 Å². The minimum atomic E-state index is 1.02. The molecule has 0 bridgehead atoms. The lowest BCUT2D eigenvalue weighted by Crippen LogP contribution is -2.10. The highest BCUT2D eigenvalue weighted by atomic mass is 15.1. The lowest BCUT2D eigenvalue weighted by Gasteiger charge is -2.14. The van der Waals surface area contributed by atoms with E-state index in [1.807, 2.05) is 45.4 Å². The Balaban J connectivity index is 2.34. The molecule has 0 aliphatic carbocycles. The number of hydrogen-bond donors (Lipinski definition) is 1. The van der Waals surface area contributed by atoms with Gasteiger partial charge in [-0.05, 0) is 48.9 Å². The topological polar surface area (TPSA) is 15.3 Å². The Morgan fingerprint density at radius 3 is 2.25 bits per heavy atom. The van der Waals surface area contributed by atoms with Gasteiger partial charge in [-0.25, -0.2) is 0 Å². The van der Waals surface area contributed by atoms with Gasteiger partial charge in [0.15, 0.2) is 0 Å². The maximum Gasteiger partial charge on any atom is 0.0520 e. The lowest BCUT2D eigenvalue weighted by atomic mass is 10.1. The average molecular weight is 264 g/mol. The summed E-state index contributed by atoms with van der Waals surface area (Å²) in [5.41, 5.74) is 5.56. The molecule has 2 aromatic rings. The summed E-state index contributed by atoms with van der Waals surface area (Å²) in [4.78, 5) is 2.09. The number of nitrogens with zero attached hydrogens (tertiary/aromatic N) is 1. The van der Waals surface area contributed by atoms with Gasteiger partial charge >= 0.3 is 0 Å².